The average molecular weight is 407 g/mol. The molecule has 0 spiro atoms. The van der Waals surface area contributed by atoms with Crippen molar-refractivity contribution in [2.24, 2.45) is 0 Å². The Labute approximate surface area is 161 Å². The molecule has 2 rings (SSSR count). The fourth-order valence-electron chi connectivity index (χ4n) is 1.22. The Bertz CT molecular complexity index is 530. The van der Waals surface area contributed by atoms with E-state index in [2.05, 4.69) is 31.9 Å². The molecule has 1 N–H and O–H groups in total. The van der Waals surface area contributed by atoms with Crippen LogP contribution in [0.15, 0.2) is 57.5 Å². The Kier molecular flexibility index (Phi) is 14.3. The van der Waals surface area contributed by atoms with E-state index in [0.29, 0.717) is 5.56 Å². The van der Waals surface area contributed by atoms with E-state index in [1.807, 2.05) is 36.4 Å². The van der Waals surface area contributed by atoms with Gasteiger partial charge in [-0.15, -0.1) is 0 Å². The average Bonchev–Trinajstić information content (AvgIpc) is 2.39. The van der Waals surface area contributed by atoms with Crippen molar-refractivity contribution in [3.05, 3.63) is 68.6 Å². The molecule has 6 heteroatoms. The second kappa shape index (κ2) is 12.8. The molecule has 20 heavy (non-hydrogen) atoms. The summed E-state index contributed by atoms with van der Waals surface area (Å²) in [5.41, 5.74) is 1.63. The van der Waals surface area contributed by atoms with Crippen LogP contribution in [0.4, 0.5) is 0 Å². The zero-order valence-electron chi connectivity index (χ0n) is 12.1. The van der Waals surface area contributed by atoms with Crippen molar-refractivity contribution in [3.8, 4) is 0 Å². The SMILES string of the molecule is O=Cc1cccc(Br)c1.OCc1cccc(Br)c1.[B].[H-].[Na+]. The molecule has 0 aromatic heterocycles. The van der Waals surface area contributed by atoms with Gasteiger partial charge in [0.25, 0.3) is 0 Å². The molecule has 0 heterocycles. The van der Waals surface area contributed by atoms with Gasteiger partial charge < -0.3 is 6.53 Å². The van der Waals surface area contributed by atoms with Gasteiger partial charge in [0.15, 0.2) is 0 Å². The number of rotatable bonds is 2. The molecule has 0 fully saturated rings. The molecule has 2 aromatic carbocycles. The molecule has 2 aromatic rings. The Morgan fingerprint density at radius 1 is 1.05 bits per heavy atom. The second-order valence-corrected chi connectivity index (χ2v) is 5.29. The Morgan fingerprint density at radius 3 is 1.95 bits per heavy atom. The zero-order valence-corrected chi connectivity index (χ0v) is 16.3. The summed E-state index contributed by atoms with van der Waals surface area (Å²) in [5, 5.41) is 8.64. The molecular weight excluding hydrogens is 394 g/mol. The van der Waals surface area contributed by atoms with Gasteiger partial charge in [-0.2, -0.15) is 0 Å². The minimum Gasteiger partial charge on any atom is -1.00 e. The van der Waals surface area contributed by atoms with Crippen LogP contribution in [-0.2, 0) is 6.61 Å². The Morgan fingerprint density at radius 2 is 1.60 bits per heavy atom. The van der Waals surface area contributed by atoms with Crippen molar-refractivity contribution in [3.63, 3.8) is 0 Å². The molecule has 0 unspecified atom stereocenters. The van der Waals surface area contributed by atoms with Crippen molar-refractivity contribution in [2.75, 3.05) is 0 Å². The van der Waals surface area contributed by atoms with Crippen molar-refractivity contribution in [1.29, 1.82) is 0 Å². The second-order valence-electron chi connectivity index (χ2n) is 3.46. The van der Waals surface area contributed by atoms with Gasteiger partial charge >= 0.3 is 29.6 Å². The summed E-state index contributed by atoms with van der Waals surface area (Å²) < 4.78 is 1.95. The number of aliphatic hydroxyl groups is 1. The third kappa shape index (κ3) is 9.11. The van der Waals surface area contributed by atoms with E-state index in [0.717, 1.165) is 20.8 Å². The van der Waals surface area contributed by atoms with Crippen molar-refractivity contribution >= 4 is 46.6 Å². The summed E-state index contributed by atoms with van der Waals surface area (Å²) in [6.45, 7) is 0.111. The fraction of sp³-hybridized carbons (Fsp3) is 0.0714. The number of hydrogen-bond donors (Lipinski definition) is 1. The van der Waals surface area contributed by atoms with Gasteiger partial charge in [-0.1, -0.05) is 56.1 Å². The summed E-state index contributed by atoms with van der Waals surface area (Å²) >= 11 is 6.54. The van der Waals surface area contributed by atoms with Crippen LogP contribution in [0.2, 0.25) is 0 Å². The van der Waals surface area contributed by atoms with Gasteiger partial charge in [-0.25, -0.2) is 0 Å². The van der Waals surface area contributed by atoms with Crippen molar-refractivity contribution in [1.82, 2.24) is 0 Å². The third-order valence-electron chi connectivity index (χ3n) is 2.06. The molecule has 0 aliphatic rings. The quantitative estimate of drug-likeness (QED) is 0.595. The molecule has 3 radical (unpaired) electrons. The van der Waals surface area contributed by atoms with E-state index in [1.165, 1.54) is 0 Å². The smallest absolute Gasteiger partial charge is 1.00 e. The van der Waals surface area contributed by atoms with Crippen LogP contribution in [-0.4, -0.2) is 19.8 Å². The molecule has 0 aliphatic carbocycles. The standard InChI is InChI=1S/C7H7BrO.C7H5BrO.B.Na.H/c2*8-7-3-1-2-6(4-7)5-9;;;/h1-4,9H,5H2;1-5H;;;/q;;;+1;-1. The molecule has 99 valence electrons. The van der Waals surface area contributed by atoms with Crippen LogP contribution in [0.3, 0.4) is 0 Å². The monoisotopic (exact) mass is 405 g/mol. The summed E-state index contributed by atoms with van der Waals surface area (Å²) in [5.74, 6) is 0. The normalized spacial score (nSPS) is 8.35. The number of halogens is 2. The number of aldehydes is 1. The minimum absolute atomic E-state index is 0. The van der Waals surface area contributed by atoms with Gasteiger partial charge in [-0.05, 0) is 29.8 Å². The molecule has 2 nitrogen and oxygen atoms in total. The van der Waals surface area contributed by atoms with E-state index in [9.17, 15) is 4.79 Å². The minimum atomic E-state index is 0. The van der Waals surface area contributed by atoms with Gasteiger partial charge in [0.1, 0.15) is 6.29 Å². The van der Waals surface area contributed by atoms with Gasteiger partial charge in [0, 0.05) is 22.9 Å². The summed E-state index contributed by atoms with van der Waals surface area (Å²) in [7, 11) is 0. The maximum absolute atomic E-state index is 10.1. The van der Waals surface area contributed by atoms with Crippen LogP contribution < -0.4 is 29.6 Å². The molecule has 0 bridgehead atoms. The van der Waals surface area contributed by atoms with E-state index < -0.39 is 0 Å². The van der Waals surface area contributed by atoms with Crippen LogP contribution in [0.1, 0.15) is 17.3 Å². The van der Waals surface area contributed by atoms with E-state index in [1.54, 1.807) is 12.1 Å². The Balaban J connectivity index is -0.000000270. The Hall–Kier alpha value is 0.0949. The topological polar surface area (TPSA) is 37.3 Å². The third-order valence-corrected chi connectivity index (χ3v) is 3.04. The molecule has 0 saturated carbocycles. The summed E-state index contributed by atoms with van der Waals surface area (Å²) in [4.78, 5) is 10.1. The number of hydrogen-bond acceptors (Lipinski definition) is 2. The van der Waals surface area contributed by atoms with Crippen LogP contribution >= 0.6 is 31.9 Å². The first-order valence-electron chi connectivity index (χ1n) is 5.21. The first-order valence-corrected chi connectivity index (χ1v) is 6.80. The van der Waals surface area contributed by atoms with Gasteiger partial charge in [0.05, 0.1) is 6.61 Å². The van der Waals surface area contributed by atoms with Crippen LogP contribution in [0, 0.1) is 0 Å². The van der Waals surface area contributed by atoms with Crippen molar-refractivity contribution in [2.45, 2.75) is 6.61 Å². The first kappa shape index (κ1) is 22.4. The maximum atomic E-state index is 10.1. The van der Waals surface area contributed by atoms with Crippen LogP contribution in [0.5, 0.6) is 0 Å². The number of benzene rings is 2. The summed E-state index contributed by atoms with van der Waals surface area (Å²) in [6.07, 6.45) is 0.824. The molecule has 0 atom stereocenters. The molecule has 0 aliphatic heterocycles. The van der Waals surface area contributed by atoms with Crippen molar-refractivity contribution < 1.29 is 40.9 Å². The predicted molar refractivity (Wildman–Crippen MR) is 86.5 cm³/mol. The largest absolute Gasteiger partial charge is 1.00 e. The predicted octanol–water partition coefficient (Wildman–Crippen LogP) is 0.939. The maximum Gasteiger partial charge on any atom is 1.00 e. The summed E-state index contributed by atoms with van der Waals surface area (Å²) in [6, 6.07) is 14.8. The molecular formula is C14H13BBr2NaO2. The number of aliphatic hydroxyl groups excluding tert-OH is 1. The fourth-order valence-corrected chi connectivity index (χ4v) is 2.08. The number of carbonyl (C=O) groups excluding carboxylic acids is 1. The van der Waals surface area contributed by atoms with Gasteiger partial charge in [0.2, 0.25) is 0 Å². The molecule has 0 saturated heterocycles. The van der Waals surface area contributed by atoms with Gasteiger partial charge in [-0.3, -0.25) is 4.79 Å². The number of carbonyl (C=O) groups is 1. The first-order chi connectivity index (χ1) is 8.65. The zero-order chi connectivity index (χ0) is 13.4. The van der Waals surface area contributed by atoms with E-state index >= 15 is 0 Å². The van der Waals surface area contributed by atoms with E-state index in [4.69, 9.17) is 5.11 Å². The molecule has 0 amide bonds. The van der Waals surface area contributed by atoms with E-state index in [-0.39, 0.29) is 46.0 Å². The van der Waals surface area contributed by atoms with Crippen LogP contribution in [0.25, 0.3) is 0 Å².